The summed E-state index contributed by atoms with van der Waals surface area (Å²) in [6.45, 7) is 0.594. The van der Waals surface area contributed by atoms with Gasteiger partial charge in [0.25, 0.3) is 11.5 Å². The van der Waals surface area contributed by atoms with E-state index >= 15 is 0 Å². The molecule has 2 fully saturated rings. The lowest BCUT2D eigenvalue weighted by Gasteiger charge is -2.53. The molecule has 3 aromatic rings. The molecule has 2 saturated heterocycles. The van der Waals surface area contributed by atoms with E-state index in [2.05, 4.69) is 10.3 Å². The van der Waals surface area contributed by atoms with Crippen LogP contribution in [0.25, 0.3) is 11.3 Å². The van der Waals surface area contributed by atoms with Gasteiger partial charge in [-0.15, -0.1) is 11.8 Å². The molecular weight excluding hydrogens is 692 g/mol. The number of pyridine rings is 1. The molecule has 16 heteroatoms. The fourth-order valence-electron chi connectivity index (χ4n) is 6.42. The predicted molar refractivity (Wildman–Crippen MR) is 189 cm³/mol. The third-order valence-electron chi connectivity index (χ3n) is 9.24. The average Bonchev–Trinajstić information content (AvgIpc) is 3.59. The predicted octanol–water partition coefficient (Wildman–Crippen LogP) is 1.50. The van der Waals surface area contributed by atoms with E-state index in [1.54, 1.807) is 73.8 Å². The zero-order valence-corrected chi connectivity index (χ0v) is 29.1. The smallest absolute Gasteiger partial charge is 0.352 e. The molecular formula is C36H36N6O9S. The Morgan fingerprint density at radius 2 is 1.75 bits per heavy atom. The third kappa shape index (κ3) is 7.07. The number of aliphatic carboxylic acids is 1. The number of likely N-dealkylation sites (N-methyl/N-ethyl adjacent to an activating group) is 1. The van der Waals surface area contributed by atoms with Crippen LogP contribution in [0, 0.1) is 0 Å². The summed E-state index contributed by atoms with van der Waals surface area (Å²) in [5.74, 6) is -3.55. The first-order valence-corrected chi connectivity index (χ1v) is 17.4. The second-order valence-electron chi connectivity index (χ2n) is 12.6. The molecule has 4 heterocycles. The van der Waals surface area contributed by atoms with Crippen LogP contribution in [-0.2, 0) is 40.0 Å². The highest BCUT2D eigenvalue weighted by Gasteiger charge is 2.57. The summed E-state index contributed by atoms with van der Waals surface area (Å²) in [4.78, 5) is 96.1. The highest BCUT2D eigenvalue weighted by atomic mass is 32.2. The number of nitrogens with zero attached hydrogens (tertiary/aromatic N) is 3. The van der Waals surface area contributed by atoms with Gasteiger partial charge in [0.05, 0.1) is 6.54 Å². The van der Waals surface area contributed by atoms with E-state index in [0.29, 0.717) is 35.3 Å². The van der Waals surface area contributed by atoms with Gasteiger partial charge in [-0.2, -0.15) is 0 Å². The van der Waals surface area contributed by atoms with Crippen molar-refractivity contribution in [3.8, 4) is 11.3 Å². The van der Waals surface area contributed by atoms with Gasteiger partial charge in [0.15, 0.2) is 0 Å². The van der Waals surface area contributed by atoms with Crippen LogP contribution in [0.3, 0.4) is 0 Å². The number of carbonyl (C=O) groups excluding carboxylic acids is 5. The third-order valence-corrected chi connectivity index (χ3v) is 10.6. The number of benzene rings is 2. The van der Waals surface area contributed by atoms with Crippen molar-refractivity contribution in [1.82, 2.24) is 20.1 Å². The van der Waals surface area contributed by atoms with Gasteiger partial charge in [-0.3, -0.25) is 33.7 Å². The fourth-order valence-corrected chi connectivity index (χ4v) is 7.81. The number of esters is 1. The van der Waals surface area contributed by atoms with E-state index in [1.165, 1.54) is 28.5 Å². The molecule has 52 heavy (non-hydrogen) atoms. The van der Waals surface area contributed by atoms with E-state index in [1.807, 2.05) is 0 Å². The summed E-state index contributed by atoms with van der Waals surface area (Å²) < 4.78 is 5.02. The SMILES string of the molecule is CC(=O)OCC1=C(C(=O)O)N2C(=O)C(N(Cc3ccc(-c4ccc(N(C)C(=O)[C@@H]5CCC(=O)N5)cc4)[nH]c3=O)C(=O)C(N)c3ccccc3)[C@@H]2SC1. The van der Waals surface area contributed by atoms with Gasteiger partial charge in [0, 0.05) is 48.7 Å². The van der Waals surface area contributed by atoms with Gasteiger partial charge < -0.3 is 35.7 Å². The normalized spacial score (nSPS) is 20.0. The highest BCUT2D eigenvalue weighted by Crippen LogP contribution is 2.43. The quantitative estimate of drug-likeness (QED) is 0.164. The van der Waals surface area contributed by atoms with Crippen molar-refractivity contribution < 1.29 is 38.6 Å². The van der Waals surface area contributed by atoms with E-state index in [4.69, 9.17) is 10.5 Å². The van der Waals surface area contributed by atoms with Gasteiger partial charge in [-0.05, 0) is 41.8 Å². The molecule has 3 aliphatic rings. The molecule has 2 unspecified atom stereocenters. The number of carboxylic acids is 1. The molecule has 4 amide bonds. The molecule has 5 N–H and O–H groups in total. The lowest BCUT2D eigenvalue weighted by atomic mass is 9.98. The second kappa shape index (κ2) is 14.9. The number of hydrogen-bond acceptors (Lipinski definition) is 10. The first-order valence-electron chi connectivity index (χ1n) is 16.4. The molecule has 15 nitrogen and oxygen atoms in total. The summed E-state index contributed by atoms with van der Waals surface area (Å²) in [5, 5.41) is 11.9. The lowest BCUT2D eigenvalue weighted by molar-refractivity contribution is -0.161. The van der Waals surface area contributed by atoms with Gasteiger partial charge in [-0.25, -0.2) is 4.79 Å². The van der Waals surface area contributed by atoms with Crippen molar-refractivity contribution in [3.63, 3.8) is 0 Å². The summed E-state index contributed by atoms with van der Waals surface area (Å²) >= 11 is 1.21. The molecule has 0 bridgehead atoms. The number of carboxylic acid groups (broad SMARTS) is 1. The number of rotatable bonds is 11. The largest absolute Gasteiger partial charge is 0.477 e. The van der Waals surface area contributed by atoms with Gasteiger partial charge in [0.1, 0.15) is 35.8 Å². The molecule has 0 aliphatic carbocycles. The Labute approximate surface area is 301 Å². The number of thioether (sulfide) groups is 1. The summed E-state index contributed by atoms with van der Waals surface area (Å²) in [6.07, 6.45) is 0.733. The van der Waals surface area contributed by atoms with Crippen LogP contribution < -0.4 is 21.5 Å². The minimum Gasteiger partial charge on any atom is -0.477 e. The number of anilines is 1. The monoisotopic (exact) mass is 728 g/mol. The van der Waals surface area contributed by atoms with Crippen molar-refractivity contribution in [3.05, 3.63) is 99.5 Å². The molecule has 1 aromatic heterocycles. The average molecular weight is 729 g/mol. The molecule has 0 saturated carbocycles. The Balaban J connectivity index is 1.25. The first kappa shape index (κ1) is 36.1. The minimum absolute atomic E-state index is 0.127. The van der Waals surface area contributed by atoms with Crippen molar-refractivity contribution in [2.24, 2.45) is 5.73 Å². The highest BCUT2D eigenvalue weighted by molar-refractivity contribution is 8.00. The van der Waals surface area contributed by atoms with E-state index in [0.717, 1.165) is 4.90 Å². The number of aromatic amines is 1. The number of aromatic nitrogens is 1. The summed E-state index contributed by atoms with van der Waals surface area (Å²) in [5.41, 5.74) is 8.18. The standard InChI is InChI=1S/C36H36N6O9S/c1-19(43)51-17-23-18-52-35-30(34(48)42(35)29(23)36(49)50)41(33(47)28(37)21-6-4-3-5-7-21)16-22-10-13-25(39-31(22)45)20-8-11-24(12-9-20)40(2)32(46)26-14-15-27(44)38-26/h3-13,26,28,30,35H,14-18,37H2,1-2H3,(H,38,44)(H,39,45)(H,49,50)/t26-,28?,30?,35-/m0/s1. The zero-order chi connectivity index (χ0) is 37.3. The van der Waals surface area contributed by atoms with Gasteiger partial charge in [0.2, 0.25) is 17.7 Å². The van der Waals surface area contributed by atoms with Crippen LogP contribution in [0.1, 0.15) is 36.9 Å². The Morgan fingerprint density at radius 1 is 1.04 bits per heavy atom. The van der Waals surface area contributed by atoms with Crippen LogP contribution in [0.15, 0.2) is 82.8 Å². The molecule has 4 atom stereocenters. The van der Waals surface area contributed by atoms with Gasteiger partial charge in [-0.1, -0.05) is 42.5 Å². The maximum Gasteiger partial charge on any atom is 0.352 e. The molecule has 270 valence electrons. The summed E-state index contributed by atoms with van der Waals surface area (Å²) in [6, 6.07) is 15.7. The summed E-state index contributed by atoms with van der Waals surface area (Å²) in [7, 11) is 1.62. The number of nitrogens with two attached hydrogens (primary N) is 1. The lowest BCUT2D eigenvalue weighted by Crippen LogP contribution is -2.71. The topological polar surface area (TPSA) is 213 Å². The van der Waals surface area contributed by atoms with E-state index in [9.17, 15) is 38.7 Å². The second-order valence-corrected chi connectivity index (χ2v) is 13.7. The Morgan fingerprint density at radius 3 is 2.37 bits per heavy atom. The number of ether oxygens (including phenoxy) is 1. The number of β-lactam (4-membered cyclic amide) rings is 1. The van der Waals surface area contributed by atoms with E-state index < -0.39 is 52.8 Å². The number of amides is 4. The number of carbonyl (C=O) groups is 6. The molecule has 0 spiro atoms. The minimum atomic E-state index is -1.38. The zero-order valence-electron chi connectivity index (χ0n) is 28.2. The molecule has 3 aliphatic heterocycles. The Bertz CT molecular complexity index is 2030. The number of nitrogens with one attached hydrogen (secondary N) is 2. The molecule has 0 radical (unpaired) electrons. The number of hydrogen-bond donors (Lipinski definition) is 4. The maximum absolute atomic E-state index is 14.1. The van der Waals surface area contributed by atoms with Crippen LogP contribution >= 0.6 is 11.8 Å². The van der Waals surface area contributed by atoms with Crippen molar-refractivity contribution in [2.45, 2.75) is 49.8 Å². The van der Waals surface area contributed by atoms with Crippen LogP contribution in [-0.4, -0.2) is 92.3 Å². The Kier molecular flexibility index (Phi) is 10.3. The first-order chi connectivity index (χ1) is 24.8. The number of H-pyrrole nitrogens is 1. The van der Waals surface area contributed by atoms with Crippen LogP contribution in [0.5, 0.6) is 0 Å². The van der Waals surface area contributed by atoms with Crippen molar-refractivity contribution >= 4 is 53.0 Å². The molecule has 2 aromatic carbocycles. The van der Waals surface area contributed by atoms with Crippen LogP contribution in [0.4, 0.5) is 5.69 Å². The number of fused-ring (bicyclic) bond motifs is 1. The van der Waals surface area contributed by atoms with Gasteiger partial charge >= 0.3 is 11.9 Å². The van der Waals surface area contributed by atoms with E-state index in [-0.39, 0.29) is 47.6 Å². The van der Waals surface area contributed by atoms with Crippen LogP contribution in [0.2, 0.25) is 0 Å². The van der Waals surface area contributed by atoms with Crippen molar-refractivity contribution in [2.75, 3.05) is 24.3 Å². The van der Waals surface area contributed by atoms with Crippen molar-refractivity contribution in [1.29, 1.82) is 0 Å². The fraction of sp³-hybridized carbons (Fsp3) is 0.306. The Hall–Kier alpha value is -5.74. The molecule has 6 rings (SSSR count). The maximum atomic E-state index is 14.1.